The number of rotatable bonds is 3. The van der Waals surface area contributed by atoms with Gasteiger partial charge in [-0.1, -0.05) is 6.92 Å². The Balaban J connectivity index is 2.04. The van der Waals surface area contributed by atoms with Crippen molar-refractivity contribution >= 4 is 5.82 Å². The minimum absolute atomic E-state index is 0.645. The zero-order valence-corrected chi connectivity index (χ0v) is 11.1. The molecule has 1 unspecified atom stereocenters. The van der Waals surface area contributed by atoms with Crippen molar-refractivity contribution < 1.29 is 0 Å². The molecule has 1 aromatic heterocycles. The first kappa shape index (κ1) is 12.8. The Morgan fingerprint density at radius 2 is 2.11 bits per heavy atom. The van der Waals surface area contributed by atoms with Gasteiger partial charge in [-0.2, -0.15) is 5.26 Å². The van der Waals surface area contributed by atoms with Gasteiger partial charge in [0.05, 0.1) is 5.56 Å². The molecule has 1 atom stereocenters. The third-order valence-electron chi connectivity index (χ3n) is 3.74. The van der Waals surface area contributed by atoms with Crippen LogP contribution in [0.1, 0.15) is 25.8 Å². The molecule has 2 heterocycles. The van der Waals surface area contributed by atoms with Crippen molar-refractivity contribution in [1.29, 1.82) is 5.26 Å². The van der Waals surface area contributed by atoms with Gasteiger partial charge in [-0.3, -0.25) is 4.90 Å². The molecular formula is C14H20N4. The summed E-state index contributed by atoms with van der Waals surface area (Å²) >= 11 is 0. The fraction of sp³-hybridized carbons (Fsp3) is 0.571. The number of nitrogens with zero attached hydrogens (tertiary/aromatic N) is 4. The topological polar surface area (TPSA) is 43.2 Å². The lowest BCUT2D eigenvalue weighted by molar-refractivity contribution is 0.192. The molecule has 96 valence electrons. The number of hydrogen-bond acceptors (Lipinski definition) is 4. The zero-order chi connectivity index (χ0) is 13.0. The molecule has 1 saturated heterocycles. The van der Waals surface area contributed by atoms with Crippen LogP contribution < -0.4 is 4.90 Å². The van der Waals surface area contributed by atoms with Crippen LogP contribution in [0, 0.1) is 11.3 Å². The van der Waals surface area contributed by atoms with Gasteiger partial charge in [-0.25, -0.2) is 4.98 Å². The third kappa shape index (κ3) is 2.62. The van der Waals surface area contributed by atoms with Crippen molar-refractivity contribution in [3.8, 4) is 6.07 Å². The molecule has 0 amide bonds. The van der Waals surface area contributed by atoms with E-state index in [-0.39, 0.29) is 0 Å². The monoisotopic (exact) mass is 244 g/mol. The van der Waals surface area contributed by atoms with E-state index < -0.39 is 0 Å². The highest BCUT2D eigenvalue weighted by Gasteiger charge is 2.22. The molecule has 1 fully saturated rings. The van der Waals surface area contributed by atoms with Gasteiger partial charge in [0.1, 0.15) is 11.9 Å². The van der Waals surface area contributed by atoms with Gasteiger partial charge in [0, 0.05) is 38.4 Å². The van der Waals surface area contributed by atoms with E-state index in [0.29, 0.717) is 11.6 Å². The van der Waals surface area contributed by atoms with Crippen LogP contribution in [0.25, 0.3) is 0 Å². The number of nitriles is 1. The first-order chi connectivity index (χ1) is 8.76. The SMILES string of the molecule is CCC(C)N1CCN(c2ncccc2C#N)CC1. The Morgan fingerprint density at radius 3 is 2.72 bits per heavy atom. The van der Waals surface area contributed by atoms with Gasteiger partial charge in [-0.05, 0) is 25.5 Å². The summed E-state index contributed by atoms with van der Waals surface area (Å²) in [5.41, 5.74) is 0.675. The number of piperazine rings is 1. The predicted molar refractivity (Wildman–Crippen MR) is 72.5 cm³/mol. The van der Waals surface area contributed by atoms with Gasteiger partial charge in [0.2, 0.25) is 0 Å². The maximum atomic E-state index is 9.10. The molecule has 4 nitrogen and oxygen atoms in total. The Labute approximate surface area is 109 Å². The molecule has 1 aliphatic heterocycles. The molecule has 4 heteroatoms. The average Bonchev–Trinajstić information content (AvgIpc) is 2.46. The predicted octanol–water partition coefficient (Wildman–Crippen LogP) is 1.87. The second kappa shape index (κ2) is 5.83. The smallest absolute Gasteiger partial charge is 0.146 e. The summed E-state index contributed by atoms with van der Waals surface area (Å²) in [4.78, 5) is 9.07. The summed E-state index contributed by atoms with van der Waals surface area (Å²) in [6, 6.07) is 6.52. The molecule has 2 rings (SSSR count). The lowest BCUT2D eigenvalue weighted by atomic mass is 10.2. The maximum absolute atomic E-state index is 9.10. The average molecular weight is 244 g/mol. The van der Waals surface area contributed by atoms with Gasteiger partial charge in [0.15, 0.2) is 0 Å². The summed E-state index contributed by atoms with van der Waals surface area (Å²) < 4.78 is 0. The van der Waals surface area contributed by atoms with Gasteiger partial charge in [0.25, 0.3) is 0 Å². The van der Waals surface area contributed by atoms with Crippen LogP contribution in [-0.4, -0.2) is 42.1 Å². The summed E-state index contributed by atoms with van der Waals surface area (Å²) in [6.45, 7) is 8.51. The number of aromatic nitrogens is 1. The molecule has 0 radical (unpaired) electrons. The number of anilines is 1. The highest BCUT2D eigenvalue weighted by Crippen LogP contribution is 2.19. The van der Waals surface area contributed by atoms with Crippen molar-refractivity contribution in [3.63, 3.8) is 0 Å². The standard InChI is InChI=1S/C14H20N4/c1-3-12(2)17-7-9-18(10-8-17)14-13(11-15)5-4-6-16-14/h4-6,12H,3,7-10H2,1-2H3. The lowest BCUT2D eigenvalue weighted by Gasteiger charge is -2.38. The van der Waals surface area contributed by atoms with Crippen molar-refractivity contribution in [1.82, 2.24) is 9.88 Å². The first-order valence-electron chi connectivity index (χ1n) is 6.60. The fourth-order valence-corrected chi connectivity index (χ4v) is 2.37. The van der Waals surface area contributed by atoms with Crippen LogP contribution in [0.4, 0.5) is 5.82 Å². The summed E-state index contributed by atoms with van der Waals surface area (Å²) in [5.74, 6) is 0.837. The van der Waals surface area contributed by atoms with E-state index in [1.807, 2.05) is 12.1 Å². The quantitative estimate of drug-likeness (QED) is 0.814. The van der Waals surface area contributed by atoms with Crippen molar-refractivity contribution in [3.05, 3.63) is 23.9 Å². The highest BCUT2D eigenvalue weighted by atomic mass is 15.3. The molecule has 0 aliphatic carbocycles. The zero-order valence-electron chi connectivity index (χ0n) is 11.1. The number of pyridine rings is 1. The Kier molecular flexibility index (Phi) is 4.16. The number of hydrogen-bond donors (Lipinski definition) is 0. The molecule has 18 heavy (non-hydrogen) atoms. The van der Waals surface area contributed by atoms with Crippen molar-refractivity contribution in [2.45, 2.75) is 26.3 Å². The molecule has 0 spiro atoms. The van der Waals surface area contributed by atoms with Crippen LogP contribution in [-0.2, 0) is 0 Å². The highest BCUT2D eigenvalue weighted by molar-refractivity contribution is 5.53. The second-order valence-corrected chi connectivity index (χ2v) is 4.77. The Bertz CT molecular complexity index is 430. The van der Waals surface area contributed by atoms with Crippen LogP contribution in [0.15, 0.2) is 18.3 Å². The Hall–Kier alpha value is -1.60. The summed E-state index contributed by atoms with van der Waals surface area (Å²) in [5, 5.41) is 9.10. The lowest BCUT2D eigenvalue weighted by Crippen LogP contribution is -2.49. The van der Waals surface area contributed by atoms with Crippen LogP contribution >= 0.6 is 0 Å². The van der Waals surface area contributed by atoms with E-state index >= 15 is 0 Å². The third-order valence-corrected chi connectivity index (χ3v) is 3.74. The van der Waals surface area contributed by atoms with Crippen molar-refractivity contribution in [2.24, 2.45) is 0 Å². The largest absolute Gasteiger partial charge is 0.353 e. The van der Waals surface area contributed by atoms with E-state index in [0.717, 1.165) is 32.0 Å². The summed E-state index contributed by atoms with van der Waals surface area (Å²) in [7, 11) is 0. The van der Waals surface area contributed by atoms with Crippen LogP contribution in [0.5, 0.6) is 0 Å². The molecule has 1 aromatic rings. The van der Waals surface area contributed by atoms with Gasteiger partial charge < -0.3 is 4.90 Å². The summed E-state index contributed by atoms with van der Waals surface area (Å²) in [6.07, 6.45) is 2.95. The molecular weight excluding hydrogens is 224 g/mol. The molecule has 0 bridgehead atoms. The fourth-order valence-electron chi connectivity index (χ4n) is 2.37. The van der Waals surface area contributed by atoms with E-state index in [1.54, 1.807) is 6.20 Å². The van der Waals surface area contributed by atoms with E-state index in [1.165, 1.54) is 6.42 Å². The molecule has 0 saturated carbocycles. The van der Waals surface area contributed by atoms with Crippen LogP contribution in [0.3, 0.4) is 0 Å². The first-order valence-corrected chi connectivity index (χ1v) is 6.60. The van der Waals surface area contributed by atoms with Gasteiger partial charge in [-0.15, -0.1) is 0 Å². The minimum atomic E-state index is 0.645. The molecule has 0 aromatic carbocycles. The normalized spacial score (nSPS) is 18.4. The maximum Gasteiger partial charge on any atom is 0.146 e. The second-order valence-electron chi connectivity index (χ2n) is 4.77. The van der Waals surface area contributed by atoms with Crippen molar-refractivity contribution in [2.75, 3.05) is 31.1 Å². The van der Waals surface area contributed by atoms with E-state index in [9.17, 15) is 0 Å². The van der Waals surface area contributed by atoms with E-state index in [2.05, 4.69) is 34.7 Å². The molecule has 1 aliphatic rings. The molecule has 0 N–H and O–H groups in total. The Morgan fingerprint density at radius 1 is 1.39 bits per heavy atom. The minimum Gasteiger partial charge on any atom is -0.353 e. The van der Waals surface area contributed by atoms with E-state index in [4.69, 9.17) is 5.26 Å². The van der Waals surface area contributed by atoms with Crippen LogP contribution in [0.2, 0.25) is 0 Å². The van der Waals surface area contributed by atoms with Gasteiger partial charge >= 0.3 is 0 Å².